The summed E-state index contributed by atoms with van der Waals surface area (Å²) in [5.74, 6) is 0.263. The maximum Gasteiger partial charge on any atom is 0.156 e. The van der Waals surface area contributed by atoms with E-state index >= 15 is 0 Å². The van der Waals surface area contributed by atoms with E-state index in [1.54, 1.807) is 20.8 Å². The first-order valence-corrected chi connectivity index (χ1v) is 8.92. The highest BCUT2D eigenvalue weighted by Crippen LogP contribution is 2.23. The molecule has 114 valence electrons. The summed E-state index contributed by atoms with van der Waals surface area (Å²) in [4.78, 5) is 2.23. The van der Waals surface area contributed by atoms with Crippen LogP contribution < -0.4 is 5.32 Å². The Labute approximate surface area is 118 Å². The van der Waals surface area contributed by atoms with Crippen LogP contribution in [0.4, 0.5) is 0 Å². The Morgan fingerprint density at radius 2 is 1.68 bits per heavy atom. The average Bonchev–Trinajstić information content (AvgIpc) is 2.35. The van der Waals surface area contributed by atoms with E-state index in [2.05, 4.69) is 17.3 Å². The molecule has 0 aromatic carbocycles. The summed E-state index contributed by atoms with van der Waals surface area (Å²) in [7, 11) is 1.08. The summed E-state index contributed by atoms with van der Waals surface area (Å²) in [6.07, 6.45) is 4.71. The van der Waals surface area contributed by atoms with E-state index in [-0.39, 0.29) is 5.75 Å². The molecule has 1 fully saturated rings. The highest BCUT2D eigenvalue weighted by atomic mass is 32.2. The number of rotatable bonds is 5. The van der Waals surface area contributed by atoms with E-state index in [0.717, 1.165) is 12.8 Å². The molecule has 0 aromatic heterocycles. The van der Waals surface area contributed by atoms with Gasteiger partial charge in [-0.15, -0.1) is 0 Å². The van der Waals surface area contributed by atoms with Crippen molar-refractivity contribution in [2.45, 2.75) is 63.3 Å². The van der Waals surface area contributed by atoms with Crippen LogP contribution in [0.1, 0.15) is 46.5 Å². The highest BCUT2D eigenvalue weighted by Gasteiger charge is 2.30. The monoisotopic (exact) mass is 290 g/mol. The van der Waals surface area contributed by atoms with Crippen molar-refractivity contribution in [3.05, 3.63) is 0 Å². The van der Waals surface area contributed by atoms with Gasteiger partial charge in [-0.1, -0.05) is 0 Å². The van der Waals surface area contributed by atoms with E-state index in [4.69, 9.17) is 0 Å². The van der Waals surface area contributed by atoms with E-state index in [1.165, 1.54) is 12.8 Å². The molecule has 0 radical (unpaired) electrons. The molecular formula is C14H30N2O2S. The Morgan fingerprint density at radius 3 is 2.11 bits per heavy atom. The van der Waals surface area contributed by atoms with E-state index in [9.17, 15) is 8.42 Å². The summed E-state index contributed by atoms with van der Waals surface area (Å²) >= 11 is 0. The van der Waals surface area contributed by atoms with Gasteiger partial charge in [0.15, 0.2) is 9.84 Å². The van der Waals surface area contributed by atoms with Crippen LogP contribution in [0.25, 0.3) is 0 Å². The second-order valence-corrected chi connectivity index (χ2v) is 9.57. The third-order valence-electron chi connectivity index (χ3n) is 4.37. The van der Waals surface area contributed by atoms with Crippen molar-refractivity contribution < 1.29 is 8.42 Å². The molecule has 19 heavy (non-hydrogen) atoms. The molecule has 4 nitrogen and oxygen atoms in total. The van der Waals surface area contributed by atoms with Gasteiger partial charge in [0.1, 0.15) is 0 Å². The van der Waals surface area contributed by atoms with Crippen molar-refractivity contribution in [2.24, 2.45) is 0 Å². The molecule has 0 bridgehead atoms. The Balaban J connectivity index is 2.43. The van der Waals surface area contributed by atoms with Gasteiger partial charge in [0, 0.05) is 18.6 Å². The molecule has 1 aliphatic carbocycles. The second kappa shape index (κ2) is 6.55. The van der Waals surface area contributed by atoms with Gasteiger partial charge in [0.25, 0.3) is 0 Å². The van der Waals surface area contributed by atoms with Crippen molar-refractivity contribution in [3.63, 3.8) is 0 Å². The van der Waals surface area contributed by atoms with Gasteiger partial charge in [-0.25, -0.2) is 8.42 Å². The van der Waals surface area contributed by atoms with Crippen LogP contribution in [0.3, 0.4) is 0 Å². The Kier molecular flexibility index (Phi) is 5.83. The highest BCUT2D eigenvalue weighted by molar-refractivity contribution is 7.92. The molecular weight excluding hydrogens is 260 g/mol. The van der Waals surface area contributed by atoms with Crippen LogP contribution in [-0.2, 0) is 9.84 Å². The van der Waals surface area contributed by atoms with Gasteiger partial charge in [-0.3, -0.25) is 0 Å². The zero-order valence-corrected chi connectivity index (χ0v) is 13.9. The quantitative estimate of drug-likeness (QED) is 0.836. The minimum Gasteiger partial charge on any atom is -0.317 e. The van der Waals surface area contributed by atoms with Crippen LogP contribution in [-0.4, -0.2) is 56.5 Å². The molecule has 0 amide bonds. The molecule has 0 heterocycles. The number of hydrogen-bond acceptors (Lipinski definition) is 4. The first kappa shape index (κ1) is 16.9. The van der Waals surface area contributed by atoms with Crippen molar-refractivity contribution in [3.8, 4) is 0 Å². The smallest absolute Gasteiger partial charge is 0.156 e. The molecule has 0 unspecified atom stereocenters. The van der Waals surface area contributed by atoms with Crippen molar-refractivity contribution >= 4 is 9.84 Å². The number of nitrogens with zero attached hydrogens (tertiary/aromatic N) is 1. The van der Waals surface area contributed by atoms with E-state index < -0.39 is 14.6 Å². The summed E-state index contributed by atoms with van der Waals surface area (Å²) in [5.41, 5.74) is 0. The Morgan fingerprint density at radius 1 is 1.16 bits per heavy atom. The van der Waals surface area contributed by atoms with Gasteiger partial charge < -0.3 is 10.2 Å². The average molecular weight is 290 g/mol. The fraction of sp³-hybridized carbons (Fsp3) is 1.00. The fourth-order valence-electron chi connectivity index (χ4n) is 2.56. The first-order chi connectivity index (χ1) is 8.67. The maximum atomic E-state index is 12.1. The van der Waals surface area contributed by atoms with Gasteiger partial charge in [0.05, 0.1) is 10.5 Å². The number of hydrogen-bond donors (Lipinski definition) is 1. The summed E-state index contributed by atoms with van der Waals surface area (Å²) in [6.45, 7) is 5.98. The minimum atomic E-state index is -3.00. The van der Waals surface area contributed by atoms with Crippen LogP contribution in [0.2, 0.25) is 0 Å². The molecule has 1 rings (SSSR count). The lowest BCUT2D eigenvalue weighted by Gasteiger charge is -2.35. The normalized spacial score (nSPS) is 25.8. The molecule has 1 aliphatic rings. The zero-order chi connectivity index (χ0) is 14.7. The molecule has 1 N–H and O–H groups in total. The standard InChI is InChI=1S/C14H30N2O2S/c1-14(2,3)19(17,18)11-10-16(5)13-8-6-12(15-4)7-9-13/h12-13,15H,6-11H2,1-5H3. The Hall–Kier alpha value is -0.130. The lowest BCUT2D eigenvalue weighted by molar-refractivity contribution is 0.184. The fourth-order valence-corrected chi connectivity index (χ4v) is 3.70. The van der Waals surface area contributed by atoms with Crippen LogP contribution in [0.15, 0.2) is 0 Å². The predicted molar refractivity (Wildman–Crippen MR) is 81.3 cm³/mol. The molecule has 0 aromatic rings. The van der Waals surface area contributed by atoms with Crippen LogP contribution >= 0.6 is 0 Å². The van der Waals surface area contributed by atoms with Crippen LogP contribution in [0.5, 0.6) is 0 Å². The zero-order valence-electron chi connectivity index (χ0n) is 13.1. The second-order valence-electron chi connectivity index (χ2n) is 6.71. The van der Waals surface area contributed by atoms with Crippen molar-refractivity contribution in [1.29, 1.82) is 0 Å². The summed E-state index contributed by atoms with van der Waals surface area (Å²) in [5, 5.41) is 3.33. The summed E-state index contributed by atoms with van der Waals surface area (Å²) in [6, 6.07) is 1.18. The van der Waals surface area contributed by atoms with E-state index in [1.807, 2.05) is 7.05 Å². The molecule has 0 aliphatic heterocycles. The van der Waals surface area contributed by atoms with Crippen LogP contribution in [0, 0.1) is 0 Å². The Bertz CT molecular complexity index is 365. The molecule has 0 saturated heterocycles. The van der Waals surface area contributed by atoms with E-state index in [0.29, 0.717) is 18.6 Å². The third-order valence-corrected chi connectivity index (χ3v) is 6.96. The number of sulfone groups is 1. The minimum absolute atomic E-state index is 0.263. The summed E-state index contributed by atoms with van der Waals surface area (Å²) < 4.78 is 23.6. The van der Waals surface area contributed by atoms with Gasteiger partial charge in [-0.2, -0.15) is 0 Å². The molecule has 0 atom stereocenters. The first-order valence-electron chi connectivity index (χ1n) is 7.27. The lowest BCUT2D eigenvalue weighted by atomic mass is 9.90. The molecule has 1 saturated carbocycles. The van der Waals surface area contributed by atoms with Gasteiger partial charge >= 0.3 is 0 Å². The van der Waals surface area contributed by atoms with Crippen molar-refractivity contribution in [2.75, 3.05) is 26.4 Å². The largest absolute Gasteiger partial charge is 0.317 e. The number of nitrogens with one attached hydrogen (secondary N) is 1. The lowest BCUT2D eigenvalue weighted by Crippen LogP contribution is -2.43. The van der Waals surface area contributed by atoms with Gasteiger partial charge in [0.2, 0.25) is 0 Å². The third kappa shape index (κ3) is 4.72. The topological polar surface area (TPSA) is 49.4 Å². The maximum absolute atomic E-state index is 12.1. The SMILES string of the molecule is CNC1CCC(N(C)CCS(=O)(=O)C(C)(C)C)CC1. The van der Waals surface area contributed by atoms with Crippen molar-refractivity contribution in [1.82, 2.24) is 10.2 Å². The molecule has 5 heteroatoms. The molecule has 0 spiro atoms. The predicted octanol–water partition coefficient (Wildman–Crippen LogP) is 1.66. The van der Waals surface area contributed by atoms with Gasteiger partial charge in [-0.05, 0) is 60.5 Å².